The Bertz CT molecular complexity index is 314. The molecule has 0 spiro atoms. The number of hydrogen-bond donors (Lipinski definition) is 1. The number of benzene rings is 1. The molecule has 1 unspecified atom stereocenters. The van der Waals surface area contributed by atoms with Crippen LogP contribution in [0.25, 0.3) is 0 Å². The lowest BCUT2D eigenvalue weighted by Gasteiger charge is -2.10. The van der Waals surface area contributed by atoms with Crippen LogP contribution in [0, 0.1) is 15.9 Å². The highest BCUT2D eigenvalue weighted by Crippen LogP contribution is 2.22. The first-order chi connectivity index (χ1) is 6.25. The molecule has 0 saturated heterocycles. The third-order valence-corrected chi connectivity index (χ3v) is 2.81. The lowest BCUT2D eigenvalue weighted by Crippen LogP contribution is -1.98. The van der Waals surface area contributed by atoms with Crippen molar-refractivity contribution in [2.75, 3.05) is 0 Å². The van der Waals surface area contributed by atoms with Gasteiger partial charge in [0.25, 0.3) is 0 Å². The van der Waals surface area contributed by atoms with E-state index >= 15 is 0 Å². The molecule has 0 heterocycles. The van der Waals surface area contributed by atoms with Crippen molar-refractivity contribution >= 4 is 22.6 Å². The lowest BCUT2D eigenvalue weighted by molar-refractivity contribution is 0.168. The van der Waals surface area contributed by atoms with Crippen LogP contribution in [0.5, 0.6) is 0 Å². The molecule has 0 fully saturated rings. The van der Waals surface area contributed by atoms with Crippen molar-refractivity contribution in [2.24, 2.45) is 0 Å². The molecule has 0 aliphatic heterocycles. The molecule has 0 amide bonds. The summed E-state index contributed by atoms with van der Waals surface area (Å²) in [7, 11) is 0. The van der Waals surface area contributed by atoms with E-state index in [1.807, 2.05) is 24.3 Å². The first-order valence-electron chi connectivity index (χ1n) is 4.11. The minimum atomic E-state index is -0.427. The van der Waals surface area contributed by atoms with Crippen LogP contribution >= 0.6 is 22.6 Å². The Labute approximate surface area is 92.3 Å². The highest BCUT2D eigenvalue weighted by atomic mass is 127. The number of terminal acetylenes is 1. The number of hydrogen-bond acceptors (Lipinski definition) is 1. The van der Waals surface area contributed by atoms with E-state index < -0.39 is 6.10 Å². The summed E-state index contributed by atoms with van der Waals surface area (Å²) in [5, 5.41) is 9.73. The summed E-state index contributed by atoms with van der Waals surface area (Å²) in [6.07, 6.45) is 5.96. The Balaban J connectivity index is 2.72. The number of rotatable bonds is 3. The highest BCUT2D eigenvalue weighted by Gasteiger charge is 2.08. The first kappa shape index (κ1) is 10.6. The van der Waals surface area contributed by atoms with Crippen LogP contribution in [0.2, 0.25) is 0 Å². The molecule has 13 heavy (non-hydrogen) atoms. The van der Waals surface area contributed by atoms with E-state index in [2.05, 4.69) is 28.5 Å². The summed E-state index contributed by atoms with van der Waals surface area (Å²) in [6.45, 7) is 0. The van der Waals surface area contributed by atoms with Gasteiger partial charge in [0, 0.05) is 9.99 Å². The van der Waals surface area contributed by atoms with Gasteiger partial charge in [-0.3, -0.25) is 0 Å². The van der Waals surface area contributed by atoms with E-state index in [1.54, 1.807) is 0 Å². The first-order valence-corrected chi connectivity index (χ1v) is 5.19. The standard InChI is InChI=1S/C11H11IO/c1-2-3-8-11(13)9-6-4-5-7-10(9)12/h1,4-7,11,13H,3,8H2. The Hall–Kier alpha value is -0.530. The van der Waals surface area contributed by atoms with E-state index in [1.165, 1.54) is 0 Å². The number of aliphatic hydroxyl groups is 1. The molecule has 1 aromatic rings. The smallest absolute Gasteiger partial charge is 0.0809 e. The Morgan fingerprint density at radius 1 is 1.46 bits per heavy atom. The predicted molar refractivity (Wildman–Crippen MR) is 62.2 cm³/mol. The molecule has 2 heteroatoms. The van der Waals surface area contributed by atoms with Gasteiger partial charge >= 0.3 is 0 Å². The van der Waals surface area contributed by atoms with E-state index in [4.69, 9.17) is 6.42 Å². The molecule has 0 aliphatic rings. The van der Waals surface area contributed by atoms with E-state index in [0.29, 0.717) is 12.8 Å². The predicted octanol–water partition coefficient (Wildman–Crippen LogP) is 2.74. The molecule has 1 N–H and O–H groups in total. The van der Waals surface area contributed by atoms with Gasteiger partial charge in [-0.2, -0.15) is 0 Å². The fourth-order valence-corrected chi connectivity index (χ4v) is 1.87. The zero-order valence-electron chi connectivity index (χ0n) is 7.20. The second-order valence-corrected chi connectivity index (χ2v) is 3.94. The maximum atomic E-state index is 9.73. The van der Waals surface area contributed by atoms with Gasteiger partial charge in [-0.15, -0.1) is 12.3 Å². The van der Waals surface area contributed by atoms with Gasteiger partial charge in [0.2, 0.25) is 0 Å². The third-order valence-electron chi connectivity index (χ3n) is 1.83. The van der Waals surface area contributed by atoms with Crippen LogP contribution in [-0.2, 0) is 0 Å². The molecule has 0 saturated carbocycles. The van der Waals surface area contributed by atoms with Crippen molar-refractivity contribution in [3.8, 4) is 12.3 Å². The van der Waals surface area contributed by atoms with Crippen LogP contribution in [0.3, 0.4) is 0 Å². The normalized spacial score (nSPS) is 12.1. The van der Waals surface area contributed by atoms with Crippen molar-refractivity contribution < 1.29 is 5.11 Å². The molecular formula is C11H11IO. The second kappa shape index (κ2) is 5.25. The Morgan fingerprint density at radius 2 is 2.15 bits per heavy atom. The van der Waals surface area contributed by atoms with E-state index in [-0.39, 0.29) is 0 Å². The minimum absolute atomic E-state index is 0.427. The summed E-state index contributed by atoms with van der Waals surface area (Å²) in [5.41, 5.74) is 0.971. The van der Waals surface area contributed by atoms with Gasteiger partial charge in [0.1, 0.15) is 0 Å². The maximum absolute atomic E-state index is 9.73. The molecule has 0 aromatic heterocycles. The molecule has 1 atom stereocenters. The van der Waals surface area contributed by atoms with Gasteiger partial charge in [-0.25, -0.2) is 0 Å². The molecule has 68 valence electrons. The zero-order chi connectivity index (χ0) is 9.68. The van der Waals surface area contributed by atoms with Gasteiger partial charge < -0.3 is 5.11 Å². The monoisotopic (exact) mass is 286 g/mol. The van der Waals surface area contributed by atoms with Crippen molar-refractivity contribution in [2.45, 2.75) is 18.9 Å². The average Bonchev–Trinajstić information content (AvgIpc) is 2.15. The summed E-state index contributed by atoms with van der Waals surface area (Å²) < 4.78 is 1.09. The summed E-state index contributed by atoms with van der Waals surface area (Å²) in [6, 6.07) is 7.80. The topological polar surface area (TPSA) is 20.2 Å². The molecule has 0 bridgehead atoms. The molecule has 1 rings (SSSR count). The second-order valence-electron chi connectivity index (χ2n) is 2.78. The SMILES string of the molecule is C#CCCC(O)c1ccccc1I. The van der Waals surface area contributed by atoms with Crippen LogP contribution < -0.4 is 0 Å². The molecule has 0 radical (unpaired) electrons. The van der Waals surface area contributed by atoms with E-state index in [0.717, 1.165) is 9.13 Å². The van der Waals surface area contributed by atoms with Crippen molar-refractivity contribution in [3.05, 3.63) is 33.4 Å². The van der Waals surface area contributed by atoms with Gasteiger partial charge in [0.15, 0.2) is 0 Å². The van der Waals surface area contributed by atoms with Crippen LogP contribution in [0.1, 0.15) is 24.5 Å². The van der Waals surface area contributed by atoms with Gasteiger partial charge in [-0.05, 0) is 40.6 Å². The third kappa shape index (κ3) is 3.02. The largest absolute Gasteiger partial charge is 0.388 e. The average molecular weight is 286 g/mol. The van der Waals surface area contributed by atoms with E-state index in [9.17, 15) is 5.11 Å². The maximum Gasteiger partial charge on any atom is 0.0809 e. The highest BCUT2D eigenvalue weighted by molar-refractivity contribution is 14.1. The fourth-order valence-electron chi connectivity index (χ4n) is 1.12. The minimum Gasteiger partial charge on any atom is -0.388 e. The molecular weight excluding hydrogens is 275 g/mol. The molecule has 1 nitrogen and oxygen atoms in total. The van der Waals surface area contributed by atoms with Gasteiger partial charge in [-0.1, -0.05) is 18.2 Å². The van der Waals surface area contributed by atoms with Crippen LogP contribution in [0.15, 0.2) is 24.3 Å². The molecule has 1 aromatic carbocycles. The van der Waals surface area contributed by atoms with Gasteiger partial charge in [0.05, 0.1) is 6.10 Å². The number of aliphatic hydroxyl groups excluding tert-OH is 1. The zero-order valence-corrected chi connectivity index (χ0v) is 9.36. The Morgan fingerprint density at radius 3 is 2.77 bits per heavy atom. The summed E-state index contributed by atoms with van der Waals surface area (Å²) in [5.74, 6) is 2.53. The fraction of sp³-hybridized carbons (Fsp3) is 0.273. The van der Waals surface area contributed by atoms with Crippen LogP contribution in [0.4, 0.5) is 0 Å². The van der Waals surface area contributed by atoms with Crippen molar-refractivity contribution in [3.63, 3.8) is 0 Å². The molecule has 0 aliphatic carbocycles. The van der Waals surface area contributed by atoms with Crippen molar-refractivity contribution in [1.82, 2.24) is 0 Å². The summed E-state index contributed by atoms with van der Waals surface area (Å²) >= 11 is 2.22. The summed E-state index contributed by atoms with van der Waals surface area (Å²) in [4.78, 5) is 0. The number of halogens is 1. The lowest BCUT2D eigenvalue weighted by atomic mass is 10.1. The van der Waals surface area contributed by atoms with Crippen molar-refractivity contribution in [1.29, 1.82) is 0 Å². The quantitative estimate of drug-likeness (QED) is 0.669. The Kier molecular flexibility index (Phi) is 4.26. The van der Waals surface area contributed by atoms with Crippen LogP contribution in [-0.4, -0.2) is 5.11 Å².